The number of phosphoric acid groups is 1. The monoisotopic (exact) mass is 270 g/mol. The first-order chi connectivity index (χ1) is 7.58. The van der Waals surface area contributed by atoms with Crippen molar-refractivity contribution in [3.8, 4) is 0 Å². The van der Waals surface area contributed by atoms with Crippen LogP contribution in [0, 0.1) is 5.41 Å². The average Bonchev–Trinajstić information content (AvgIpc) is 2.09. The van der Waals surface area contributed by atoms with Gasteiger partial charge in [-0.15, -0.1) is 0 Å². The second-order valence-electron chi connectivity index (χ2n) is 3.13. The summed E-state index contributed by atoms with van der Waals surface area (Å²) in [6, 6.07) is 0. The van der Waals surface area contributed by atoms with Gasteiger partial charge in [-0.2, -0.15) is 0 Å². The van der Waals surface area contributed by atoms with E-state index in [1.807, 2.05) is 0 Å². The minimum atomic E-state index is -5.30. The molecule has 10 heteroatoms. The average molecular weight is 270 g/mol. The first kappa shape index (κ1) is 15.6. The zero-order valence-corrected chi connectivity index (χ0v) is 9.59. The van der Waals surface area contributed by atoms with Crippen molar-refractivity contribution in [3.63, 3.8) is 0 Å². The van der Waals surface area contributed by atoms with Gasteiger partial charge in [0, 0.05) is 0 Å². The van der Waals surface area contributed by atoms with Crippen LogP contribution in [-0.4, -0.2) is 37.9 Å². The van der Waals surface area contributed by atoms with E-state index in [2.05, 4.69) is 4.52 Å². The first-order valence-corrected chi connectivity index (χ1v) is 5.87. The Labute approximate surface area is 95.3 Å². The van der Waals surface area contributed by atoms with Crippen LogP contribution >= 0.6 is 7.82 Å². The number of carbonyl (C=O) groups is 3. The Morgan fingerprint density at radius 3 is 1.82 bits per heavy atom. The van der Waals surface area contributed by atoms with E-state index in [9.17, 15) is 18.9 Å². The van der Waals surface area contributed by atoms with E-state index >= 15 is 0 Å². The summed E-state index contributed by atoms with van der Waals surface area (Å²) in [7, 11) is -5.30. The molecule has 0 unspecified atom stereocenters. The van der Waals surface area contributed by atoms with E-state index in [0.717, 1.165) is 0 Å². The van der Waals surface area contributed by atoms with Crippen molar-refractivity contribution in [1.29, 1.82) is 0 Å². The molecule has 0 aliphatic carbocycles. The predicted octanol–water partition coefficient (Wildman–Crippen LogP) is -0.422. The highest BCUT2D eigenvalue weighted by atomic mass is 31.2. The van der Waals surface area contributed by atoms with Gasteiger partial charge in [-0.1, -0.05) is 13.3 Å². The van der Waals surface area contributed by atoms with Crippen molar-refractivity contribution in [1.82, 2.24) is 0 Å². The fourth-order valence-electron chi connectivity index (χ4n) is 1.14. The molecule has 0 saturated carbocycles. The number of rotatable bonds is 6. The van der Waals surface area contributed by atoms with E-state index in [1.165, 1.54) is 6.92 Å². The number of phosphoric ester groups is 1. The third-order valence-electron chi connectivity index (χ3n) is 1.91. The molecule has 0 saturated heterocycles. The Morgan fingerprint density at radius 1 is 1.18 bits per heavy atom. The Hall–Kier alpha value is -1.44. The van der Waals surface area contributed by atoms with Crippen LogP contribution in [0.3, 0.4) is 0 Å². The summed E-state index contributed by atoms with van der Waals surface area (Å²) in [5.41, 5.74) is -3.00. The van der Waals surface area contributed by atoms with Gasteiger partial charge in [0.15, 0.2) is 0 Å². The molecule has 0 aromatic heterocycles. The Balaban J connectivity index is 5.45. The van der Waals surface area contributed by atoms with Gasteiger partial charge in [-0.25, -0.2) is 9.36 Å². The lowest BCUT2D eigenvalue weighted by molar-refractivity contribution is -0.175. The normalized spacial score (nSPS) is 11.9. The zero-order chi connectivity index (χ0) is 13.9. The van der Waals surface area contributed by atoms with Gasteiger partial charge in [-0.3, -0.25) is 19.4 Å². The molecule has 98 valence electrons. The van der Waals surface area contributed by atoms with E-state index in [-0.39, 0.29) is 6.42 Å². The number of hydrogen-bond donors (Lipinski definition) is 4. The molecule has 0 aromatic carbocycles. The highest BCUT2D eigenvalue weighted by Crippen LogP contribution is 2.40. The lowest BCUT2D eigenvalue weighted by atomic mass is 9.83. The van der Waals surface area contributed by atoms with Crippen molar-refractivity contribution >= 4 is 25.7 Å². The van der Waals surface area contributed by atoms with Gasteiger partial charge in [0.1, 0.15) is 0 Å². The molecular weight excluding hydrogens is 259 g/mol. The largest absolute Gasteiger partial charge is 0.527 e. The standard InChI is InChI=1S/C7H11O9P/c1-2-3-7(4(8)9,5(10)11)6(12)16-17(13,14)15/h2-3H2,1H3,(H,8,9)(H,10,11)(H2,13,14,15). The van der Waals surface area contributed by atoms with Gasteiger partial charge in [0.2, 0.25) is 0 Å². The van der Waals surface area contributed by atoms with E-state index in [0.29, 0.717) is 0 Å². The van der Waals surface area contributed by atoms with Crippen LogP contribution in [0.15, 0.2) is 0 Å². The number of carboxylic acids is 2. The summed E-state index contributed by atoms with van der Waals surface area (Å²) in [5.74, 6) is -6.07. The van der Waals surface area contributed by atoms with Gasteiger partial charge in [-0.05, 0) is 6.42 Å². The van der Waals surface area contributed by atoms with E-state index in [4.69, 9.17) is 20.0 Å². The van der Waals surface area contributed by atoms with Crippen LogP contribution < -0.4 is 0 Å². The number of hydrogen-bond acceptors (Lipinski definition) is 5. The number of aliphatic carboxylic acids is 2. The summed E-state index contributed by atoms with van der Waals surface area (Å²) in [4.78, 5) is 49.7. The summed E-state index contributed by atoms with van der Waals surface area (Å²) in [6.07, 6.45) is -0.647. The third kappa shape index (κ3) is 3.52. The topological polar surface area (TPSA) is 158 Å². The zero-order valence-electron chi connectivity index (χ0n) is 8.69. The molecule has 9 nitrogen and oxygen atoms in total. The van der Waals surface area contributed by atoms with Crippen molar-refractivity contribution in [2.24, 2.45) is 5.41 Å². The molecule has 0 bridgehead atoms. The van der Waals surface area contributed by atoms with Crippen LogP contribution in [0.2, 0.25) is 0 Å². The third-order valence-corrected chi connectivity index (χ3v) is 2.31. The quantitative estimate of drug-likeness (QED) is 0.371. The summed E-state index contributed by atoms with van der Waals surface area (Å²) < 4.78 is 13.9. The van der Waals surface area contributed by atoms with Crippen LogP contribution in [-0.2, 0) is 23.5 Å². The molecule has 17 heavy (non-hydrogen) atoms. The minimum Gasteiger partial charge on any atom is -0.480 e. The van der Waals surface area contributed by atoms with E-state index in [1.54, 1.807) is 0 Å². The molecule has 4 N–H and O–H groups in total. The minimum absolute atomic E-state index is 0.00510. The molecule has 0 aromatic rings. The van der Waals surface area contributed by atoms with E-state index < -0.39 is 37.6 Å². The predicted molar refractivity (Wildman–Crippen MR) is 50.7 cm³/mol. The van der Waals surface area contributed by atoms with Crippen molar-refractivity contribution in [2.75, 3.05) is 0 Å². The Kier molecular flexibility index (Phi) is 4.81. The van der Waals surface area contributed by atoms with Gasteiger partial charge >= 0.3 is 25.7 Å². The summed E-state index contributed by atoms with van der Waals surface area (Å²) in [6.45, 7) is 1.41. The molecular formula is C7H11O9P. The van der Waals surface area contributed by atoms with Crippen molar-refractivity contribution in [2.45, 2.75) is 19.8 Å². The van der Waals surface area contributed by atoms with Crippen LogP contribution in [0.25, 0.3) is 0 Å². The fraction of sp³-hybridized carbons (Fsp3) is 0.571. The lowest BCUT2D eigenvalue weighted by Crippen LogP contribution is -2.47. The van der Waals surface area contributed by atoms with Gasteiger partial charge in [0.25, 0.3) is 5.41 Å². The van der Waals surface area contributed by atoms with Crippen molar-refractivity contribution in [3.05, 3.63) is 0 Å². The molecule has 0 amide bonds. The molecule has 0 aliphatic heterocycles. The second-order valence-corrected chi connectivity index (χ2v) is 4.30. The van der Waals surface area contributed by atoms with Crippen LogP contribution in [0.4, 0.5) is 0 Å². The van der Waals surface area contributed by atoms with Gasteiger partial charge < -0.3 is 14.7 Å². The Morgan fingerprint density at radius 2 is 1.59 bits per heavy atom. The molecule has 0 spiro atoms. The highest BCUT2D eigenvalue weighted by molar-refractivity contribution is 7.46. The maximum atomic E-state index is 11.3. The Bertz CT molecular complexity index is 367. The summed E-state index contributed by atoms with van der Waals surface area (Å²) in [5, 5.41) is 17.5. The lowest BCUT2D eigenvalue weighted by Gasteiger charge is -2.22. The van der Waals surface area contributed by atoms with Crippen LogP contribution in [0.1, 0.15) is 19.8 Å². The van der Waals surface area contributed by atoms with Crippen molar-refractivity contribution < 1.29 is 43.5 Å². The number of carboxylic acid groups (broad SMARTS) is 2. The maximum absolute atomic E-state index is 11.3. The maximum Gasteiger partial charge on any atom is 0.527 e. The van der Waals surface area contributed by atoms with Crippen LogP contribution in [0.5, 0.6) is 0 Å². The molecule has 0 atom stereocenters. The van der Waals surface area contributed by atoms with Gasteiger partial charge in [0.05, 0.1) is 0 Å². The number of carbonyl (C=O) groups excluding carboxylic acids is 1. The smallest absolute Gasteiger partial charge is 0.480 e. The molecule has 0 heterocycles. The first-order valence-electron chi connectivity index (χ1n) is 4.34. The second kappa shape index (κ2) is 5.26. The molecule has 0 fully saturated rings. The summed E-state index contributed by atoms with van der Waals surface area (Å²) >= 11 is 0. The SMILES string of the molecule is CCCC(C(=O)O)(C(=O)O)C(=O)OP(=O)(O)O. The highest BCUT2D eigenvalue weighted by Gasteiger charge is 2.56. The molecule has 0 radical (unpaired) electrons. The molecule has 0 rings (SSSR count). The fourth-order valence-corrected chi connectivity index (χ4v) is 1.51. The molecule has 0 aliphatic rings.